The molecule has 8 heteroatoms. The van der Waals surface area contributed by atoms with Crippen molar-refractivity contribution in [1.29, 1.82) is 0 Å². The number of aromatic nitrogens is 4. The maximum atomic E-state index is 13.2. The van der Waals surface area contributed by atoms with Gasteiger partial charge < -0.3 is 9.67 Å². The van der Waals surface area contributed by atoms with Gasteiger partial charge in [0.25, 0.3) is 11.8 Å². The van der Waals surface area contributed by atoms with E-state index >= 15 is 0 Å². The predicted molar refractivity (Wildman–Crippen MR) is 132 cm³/mol. The topological polar surface area (TPSA) is 102 Å². The summed E-state index contributed by atoms with van der Waals surface area (Å²) in [5.74, 6) is -0.222. The predicted octanol–water partition coefficient (Wildman–Crippen LogP) is 3.32. The van der Waals surface area contributed by atoms with E-state index in [1.807, 2.05) is 77.5 Å². The fraction of sp³-hybridized carbons (Fsp3) is 0.111. The minimum Gasteiger partial charge on any atom is -0.396 e. The Morgan fingerprint density at radius 3 is 2.31 bits per heavy atom. The van der Waals surface area contributed by atoms with Gasteiger partial charge in [0.05, 0.1) is 22.2 Å². The highest BCUT2D eigenvalue weighted by molar-refractivity contribution is 6.50. The molecular weight excluding hydrogens is 442 g/mol. The van der Waals surface area contributed by atoms with E-state index in [1.54, 1.807) is 10.9 Å². The molecule has 2 aromatic carbocycles. The molecule has 4 heterocycles. The number of carbonyl (C=O) groups excluding carboxylic acids is 2. The minimum absolute atomic E-state index is 0.0312. The number of pyridine rings is 1. The van der Waals surface area contributed by atoms with Crippen LogP contribution in [-0.4, -0.2) is 42.9 Å². The van der Waals surface area contributed by atoms with Gasteiger partial charge in [-0.1, -0.05) is 42.5 Å². The van der Waals surface area contributed by atoms with Gasteiger partial charge in [0.2, 0.25) is 0 Å². The second-order valence-electron chi connectivity index (χ2n) is 8.32. The third-order valence-corrected chi connectivity index (χ3v) is 6.23. The molecule has 8 nitrogen and oxygen atoms in total. The van der Waals surface area contributed by atoms with E-state index in [9.17, 15) is 14.7 Å². The summed E-state index contributed by atoms with van der Waals surface area (Å²) >= 11 is 0. The van der Waals surface area contributed by atoms with Gasteiger partial charge in [-0.05, 0) is 30.7 Å². The van der Waals surface area contributed by atoms with Crippen molar-refractivity contribution in [2.24, 2.45) is 0 Å². The molecule has 2 N–H and O–H groups in total. The molecule has 172 valence electrons. The minimum atomic E-state index is -0.475. The van der Waals surface area contributed by atoms with Crippen LogP contribution in [0.25, 0.3) is 38.8 Å². The highest BCUT2D eigenvalue weighted by Gasteiger charge is 2.36. The second-order valence-corrected chi connectivity index (χ2v) is 8.32. The molecule has 0 saturated heterocycles. The molecule has 0 atom stereocenters. The molecule has 1 aliphatic heterocycles. The van der Waals surface area contributed by atoms with Gasteiger partial charge in [-0.3, -0.25) is 19.6 Å². The number of benzene rings is 2. The van der Waals surface area contributed by atoms with E-state index in [0.29, 0.717) is 35.6 Å². The number of hydrogen-bond donors (Lipinski definition) is 2. The number of imide groups is 1. The number of nitrogens with one attached hydrogen (secondary N) is 1. The van der Waals surface area contributed by atoms with Crippen molar-refractivity contribution in [3.05, 3.63) is 90.4 Å². The SMILES string of the molecule is O=C1NC(=O)C(c2nn(CCCO)c3ccccc23)=C1c1cn(-c2ccccn2)c2ccccc12. The molecule has 5 aromatic rings. The fourth-order valence-corrected chi connectivity index (χ4v) is 4.71. The lowest BCUT2D eigenvalue weighted by Crippen LogP contribution is -2.22. The van der Waals surface area contributed by atoms with Gasteiger partial charge in [0, 0.05) is 41.9 Å². The molecule has 0 bridgehead atoms. The van der Waals surface area contributed by atoms with Gasteiger partial charge in [0.15, 0.2) is 0 Å². The van der Waals surface area contributed by atoms with Crippen molar-refractivity contribution in [2.75, 3.05) is 6.61 Å². The third kappa shape index (κ3) is 3.34. The van der Waals surface area contributed by atoms with Crippen LogP contribution in [0.4, 0.5) is 0 Å². The highest BCUT2D eigenvalue weighted by Crippen LogP contribution is 2.38. The van der Waals surface area contributed by atoms with E-state index < -0.39 is 11.8 Å². The number of carbonyl (C=O) groups is 2. The third-order valence-electron chi connectivity index (χ3n) is 6.23. The Labute approximate surface area is 200 Å². The molecule has 6 rings (SSSR count). The quantitative estimate of drug-likeness (QED) is 0.376. The van der Waals surface area contributed by atoms with Gasteiger partial charge in [-0.2, -0.15) is 5.10 Å². The Kier molecular flexibility index (Phi) is 5.00. The number of rotatable bonds is 6. The first kappa shape index (κ1) is 21.0. The fourth-order valence-electron chi connectivity index (χ4n) is 4.71. The Morgan fingerprint density at radius 1 is 0.829 bits per heavy atom. The van der Waals surface area contributed by atoms with Crippen molar-refractivity contribution < 1.29 is 14.7 Å². The first-order valence-electron chi connectivity index (χ1n) is 11.4. The van der Waals surface area contributed by atoms with Gasteiger partial charge in [-0.25, -0.2) is 4.98 Å². The van der Waals surface area contributed by atoms with Crippen molar-refractivity contribution in [3.8, 4) is 5.82 Å². The molecular formula is C27H21N5O3. The zero-order valence-electron chi connectivity index (χ0n) is 18.7. The number of aryl methyl sites for hydroxylation is 1. The largest absolute Gasteiger partial charge is 0.396 e. The summed E-state index contributed by atoms with van der Waals surface area (Å²) < 4.78 is 3.70. The monoisotopic (exact) mass is 463 g/mol. The molecule has 3 aromatic heterocycles. The number of amides is 2. The molecule has 0 unspecified atom stereocenters. The Hall–Kier alpha value is -4.56. The first-order valence-corrected chi connectivity index (χ1v) is 11.4. The smallest absolute Gasteiger partial charge is 0.261 e. The summed E-state index contributed by atoms with van der Waals surface area (Å²) in [6.07, 6.45) is 4.09. The Bertz CT molecular complexity index is 1650. The molecule has 0 radical (unpaired) electrons. The summed E-state index contributed by atoms with van der Waals surface area (Å²) in [6.45, 7) is 0.525. The average Bonchev–Trinajstić information content (AvgIpc) is 3.54. The second kappa shape index (κ2) is 8.34. The lowest BCUT2D eigenvalue weighted by Gasteiger charge is -2.03. The van der Waals surface area contributed by atoms with Crippen LogP contribution in [0, 0.1) is 0 Å². The van der Waals surface area contributed by atoms with Crippen molar-refractivity contribution >= 4 is 44.8 Å². The first-order chi connectivity index (χ1) is 17.2. The van der Waals surface area contributed by atoms with Crippen molar-refractivity contribution in [1.82, 2.24) is 24.6 Å². The van der Waals surface area contributed by atoms with Crippen LogP contribution >= 0.6 is 0 Å². The zero-order valence-corrected chi connectivity index (χ0v) is 18.7. The summed E-state index contributed by atoms with van der Waals surface area (Å²) in [6, 6.07) is 21.0. The van der Waals surface area contributed by atoms with Gasteiger partial charge in [0.1, 0.15) is 11.5 Å². The zero-order chi connectivity index (χ0) is 23.9. The van der Waals surface area contributed by atoms with E-state index in [0.717, 1.165) is 21.8 Å². The number of hydrogen-bond acceptors (Lipinski definition) is 5. The van der Waals surface area contributed by atoms with E-state index in [4.69, 9.17) is 5.10 Å². The average molecular weight is 463 g/mol. The summed E-state index contributed by atoms with van der Waals surface area (Å²) in [7, 11) is 0. The Morgan fingerprint density at radius 2 is 1.54 bits per heavy atom. The number of aliphatic hydroxyl groups excluding tert-OH is 1. The molecule has 0 saturated carbocycles. The molecule has 0 aliphatic carbocycles. The maximum absolute atomic E-state index is 13.2. The van der Waals surface area contributed by atoms with Crippen LogP contribution in [-0.2, 0) is 16.1 Å². The number of aliphatic hydroxyl groups is 1. The summed E-state index contributed by atoms with van der Waals surface area (Å²) in [5.41, 5.74) is 3.34. The molecule has 2 amide bonds. The van der Waals surface area contributed by atoms with Crippen molar-refractivity contribution in [2.45, 2.75) is 13.0 Å². The van der Waals surface area contributed by atoms with Crippen molar-refractivity contribution in [3.63, 3.8) is 0 Å². The van der Waals surface area contributed by atoms with E-state index in [2.05, 4.69) is 10.3 Å². The van der Waals surface area contributed by atoms with Crippen LogP contribution in [0.2, 0.25) is 0 Å². The molecule has 35 heavy (non-hydrogen) atoms. The standard InChI is InChI=1S/C27H21N5O3/c33-15-7-14-32-21-11-4-2-9-18(21)25(30-32)24-23(26(34)29-27(24)35)19-16-31(22-12-5-6-13-28-22)20-10-3-1-8-17(19)20/h1-6,8-13,16,33H,7,14-15H2,(H,29,34,35). The normalized spacial score (nSPS) is 13.9. The number of nitrogens with zero attached hydrogens (tertiary/aromatic N) is 4. The van der Waals surface area contributed by atoms with Crippen LogP contribution in [0.5, 0.6) is 0 Å². The van der Waals surface area contributed by atoms with E-state index in [1.165, 1.54) is 0 Å². The summed E-state index contributed by atoms with van der Waals surface area (Å²) in [5, 5.41) is 18.1. The summed E-state index contributed by atoms with van der Waals surface area (Å²) in [4.78, 5) is 30.8. The Balaban J connectivity index is 1.63. The van der Waals surface area contributed by atoms with Crippen LogP contribution in [0.1, 0.15) is 17.7 Å². The van der Waals surface area contributed by atoms with Crippen LogP contribution < -0.4 is 5.32 Å². The lowest BCUT2D eigenvalue weighted by molar-refractivity contribution is -0.122. The maximum Gasteiger partial charge on any atom is 0.261 e. The molecule has 0 fully saturated rings. The number of fused-ring (bicyclic) bond motifs is 2. The van der Waals surface area contributed by atoms with Crippen LogP contribution in [0.3, 0.4) is 0 Å². The molecule has 1 aliphatic rings. The lowest BCUT2D eigenvalue weighted by atomic mass is 9.97. The van der Waals surface area contributed by atoms with Crippen LogP contribution in [0.15, 0.2) is 79.1 Å². The van der Waals surface area contributed by atoms with E-state index in [-0.39, 0.29) is 12.2 Å². The number of para-hydroxylation sites is 2. The van der Waals surface area contributed by atoms with Gasteiger partial charge in [-0.15, -0.1) is 0 Å². The highest BCUT2D eigenvalue weighted by atomic mass is 16.3. The molecule has 0 spiro atoms. The van der Waals surface area contributed by atoms with Gasteiger partial charge >= 0.3 is 0 Å².